The molecule has 1 aliphatic heterocycles. The zero-order chi connectivity index (χ0) is 13.4. The Hall–Kier alpha value is -2.37. The van der Waals surface area contributed by atoms with Gasteiger partial charge < -0.3 is 15.2 Å². The van der Waals surface area contributed by atoms with E-state index in [4.69, 9.17) is 5.73 Å². The van der Waals surface area contributed by atoms with Gasteiger partial charge >= 0.3 is 0 Å². The van der Waals surface area contributed by atoms with Gasteiger partial charge in [-0.25, -0.2) is 0 Å². The molecule has 0 fully saturated rings. The molecule has 0 unspecified atom stereocenters. The molecule has 1 amide bonds. The van der Waals surface area contributed by atoms with Gasteiger partial charge in [-0.3, -0.25) is 4.79 Å². The summed E-state index contributed by atoms with van der Waals surface area (Å²) in [5, 5.41) is 8.13. The number of nitrogens with zero attached hydrogens (tertiary/aromatic N) is 4. The zero-order valence-electron chi connectivity index (χ0n) is 10.7. The van der Waals surface area contributed by atoms with Crippen molar-refractivity contribution in [1.29, 1.82) is 0 Å². The standard InChI is InChI=1S/C13H15N5O/c1-9-15-16-12-8-17(6-7-18(9)12)13(19)10-2-4-11(14)5-3-10/h2-5H,6-8,14H2,1H3. The fraction of sp³-hybridized carbons (Fsp3) is 0.308. The van der Waals surface area contributed by atoms with Crippen molar-refractivity contribution in [3.05, 3.63) is 41.5 Å². The van der Waals surface area contributed by atoms with Crippen LogP contribution in [0.25, 0.3) is 0 Å². The third-order valence-electron chi connectivity index (χ3n) is 3.38. The Morgan fingerprint density at radius 2 is 1.95 bits per heavy atom. The monoisotopic (exact) mass is 257 g/mol. The lowest BCUT2D eigenvalue weighted by Crippen LogP contribution is -2.38. The Balaban J connectivity index is 1.81. The van der Waals surface area contributed by atoms with Crippen molar-refractivity contribution in [3.8, 4) is 0 Å². The molecule has 2 aromatic rings. The Morgan fingerprint density at radius 1 is 1.21 bits per heavy atom. The molecular formula is C13H15N5O. The fourth-order valence-corrected chi connectivity index (χ4v) is 2.28. The van der Waals surface area contributed by atoms with Gasteiger partial charge in [0.1, 0.15) is 5.82 Å². The molecule has 2 heterocycles. The number of benzene rings is 1. The molecule has 0 radical (unpaired) electrons. The summed E-state index contributed by atoms with van der Waals surface area (Å²) in [4.78, 5) is 14.1. The first-order valence-electron chi connectivity index (χ1n) is 6.18. The molecule has 1 aromatic heterocycles. The van der Waals surface area contributed by atoms with Gasteiger partial charge in [0.15, 0.2) is 5.82 Å². The first kappa shape index (κ1) is 11.7. The molecule has 0 bridgehead atoms. The predicted molar refractivity (Wildman–Crippen MR) is 70.4 cm³/mol. The van der Waals surface area contributed by atoms with E-state index < -0.39 is 0 Å². The number of nitrogen functional groups attached to an aromatic ring is 1. The summed E-state index contributed by atoms with van der Waals surface area (Å²) in [7, 11) is 0. The SMILES string of the molecule is Cc1nnc2n1CCN(C(=O)c1ccc(N)cc1)C2. The van der Waals surface area contributed by atoms with Gasteiger partial charge in [-0.15, -0.1) is 10.2 Å². The van der Waals surface area contributed by atoms with Crippen LogP contribution < -0.4 is 5.73 Å². The number of anilines is 1. The third kappa shape index (κ3) is 2.05. The maximum absolute atomic E-state index is 12.4. The molecule has 1 aliphatic rings. The van der Waals surface area contributed by atoms with E-state index in [2.05, 4.69) is 10.2 Å². The molecule has 98 valence electrons. The van der Waals surface area contributed by atoms with Gasteiger partial charge in [0.2, 0.25) is 0 Å². The highest BCUT2D eigenvalue weighted by Crippen LogP contribution is 2.15. The normalized spacial score (nSPS) is 14.3. The zero-order valence-corrected chi connectivity index (χ0v) is 10.7. The largest absolute Gasteiger partial charge is 0.399 e. The van der Waals surface area contributed by atoms with Gasteiger partial charge in [0.05, 0.1) is 6.54 Å². The number of rotatable bonds is 1. The molecule has 2 N–H and O–H groups in total. The van der Waals surface area contributed by atoms with Crippen LogP contribution >= 0.6 is 0 Å². The van der Waals surface area contributed by atoms with E-state index in [1.807, 2.05) is 11.5 Å². The lowest BCUT2D eigenvalue weighted by Gasteiger charge is -2.27. The molecule has 0 saturated carbocycles. The molecule has 6 nitrogen and oxygen atoms in total. The number of aromatic nitrogens is 3. The maximum Gasteiger partial charge on any atom is 0.254 e. The highest BCUT2D eigenvalue weighted by molar-refractivity contribution is 5.94. The van der Waals surface area contributed by atoms with Crippen molar-refractivity contribution in [3.63, 3.8) is 0 Å². The molecule has 0 spiro atoms. The van der Waals surface area contributed by atoms with Gasteiger partial charge in [0.25, 0.3) is 5.91 Å². The first-order valence-corrected chi connectivity index (χ1v) is 6.18. The second-order valence-corrected chi connectivity index (χ2v) is 4.66. The number of amides is 1. The van der Waals surface area contributed by atoms with Crippen LogP contribution in [0.1, 0.15) is 22.0 Å². The predicted octanol–water partition coefficient (Wildman–Crippen LogP) is 0.825. The van der Waals surface area contributed by atoms with Crippen molar-refractivity contribution in [2.24, 2.45) is 0 Å². The first-order chi connectivity index (χ1) is 9.15. The molecule has 0 saturated heterocycles. The molecule has 1 aromatic carbocycles. The van der Waals surface area contributed by atoms with E-state index >= 15 is 0 Å². The van der Waals surface area contributed by atoms with Crippen LogP contribution in [-0.4, -0.2) is 32.1 Å². The molecule has 19 heavy (non-hydrogen) atoms. The minimum absolute atomic E-state index is 0.00639. The van der Waals surface area contributed by atoms with Gasteiger partial charge in [-0.1, -0.05) is 0 Å². The van der Waals surface area contributed by atoms with E-state index in [1.165, 1.54) is 0 Å². The van der Waals surface area contributed by atoms with Gasteiger partial charge in [-0.2, -0.15) is 0 Å². The Kier molecular flexibility index (Phi) is 2.70. The molecule has 3 rings (SSSR count). The quantitative estimate of drug-likeness (QED) is 0.767. The maximum atomic E-state index is 12.4. The van der Waals surface area contributed by atoms with Gasteiger partial charge in [-0.05, 0) is 31.2 Å². The van der Waals surface area contributed by atoms with E-state index in [-0.39, 0.29) is 5.91 Å². The molecular weight excluding hydrogens is 242 g/mol. The van der Waals surface area contributed by atoms with Crippen molar-refractivity contribution in [2.45, 2.75) is 20.0 Å². The number of fused-ring (bicyclic) bond motifs is 1. The lowest BCUT2D eigenvalue weighted by molar-refractivity contribution is 0.0706. The van der Waals surface area contributed by atoms with Crippen LogP contribution in [0, 0.1) is 6.92 Å². The van der Waals surface area contributed by atoms with Crippen molar-refractivity contribution in [2.75, 3.05) is 12.3 Å². The number of carbonyl (C=O) groups excluding carboxylic acids is 1. The number of hydrogen-bond donors (Lipinski definition) is 1. The number of aryl methyl sites for hydroxylation is 1. The second kappa shape index (κ2) is 4.38. The van der Waals surface area contributed by atoms with Crippen LogP contribution in [0.2, 0.25) is 0 Å². The summed E-state index contributed by atoms with van der Waals surface area (Å²) in [6.07, 6.45) is 0. The van der Waals surface area contributed by atoms with Crippen molar-refractivity contribution < 1.29 is 4.79 Å². The molecule has 0 aliphatic carbocycles. The highest BCUT2D eigenvalue weighted by atomic mass is 16.2. The van der Waals surface area contributed by atoms with E-state index in [1.54, 1.807) is 29.2 Å². The van der Waals surface area contributed by atoms with Crippen LogP contribution in [0.15, 0.2) is 24.3 Å². The Bertz CT molecular complexity index is 616. The van der Waals surface area contributed by atoms with E-state index in [0.29, 0.717) is 24.3 Å². The van der Waals surface area contributed by atoms with Crippen molar-refractivity contribution in [1.82, 2.24) is 19.7 Å². The summed E-state index contributed by atoms with van der Waals surface area (Å²) < 4.78 is 2.05. The Morgan fingerprint density at radius 3 is 2.68 bits per heavy atom. The fourth-order valence-electron chi connectivity index (χ4n) is 2.28. The second-order valence-electron chi connectivity index (χ2n) is 4.66. The van der Waals surface area contributed by atoms with Gasteiger partial charge in [0, 0.05) is 24.3 Å². The third-order valence-corrected chi connectivity index (χ3v) is 3.38. The molecule has 6 heteroatoms. The minimum atomic E-state index is 0.00639. The summed E-state index contributed by atoms with van der Waals surface area (Å²) in [5.41, 5.74) is 6.93. The number of nitrogens with two attached hydrogens (primary N) is 1. The van der Waals surface area contributed by atoms with Crippen LogP contribution in [-0.2, 0) is 13.1 Å². The lowest BCUT2D eigenvalue weighted by atomic mass is 10.1. The van der Waals surface area contributed by atoms with E-state index in [9.17, 15) is 4.79 Å². The van der Waals surface area contributed by atoms with Crippen LogP contribution in [0.3, 0.4) is 0 Å². The Labute approximate surface area is 110 Å². The number of carbonyl (C=O) groups is 1. The summed E-state index contributed by atoms with van der Waals surface area (Å²) in [6, 6.07) is 6.98. The van der Waals surface area contributed by atoms with Crippen molar-refractivity contribution >= 4 is 11.6 Å². The van der Waals surface area contributed by atoms with E-state index in [0.717, 1.165) is 18.2 Å². The van der Waals surface area contributed by atoms with Crippen LogP contribution in [0.4, 0.5) is 5.69 Å². The van der Waals surface area contributed by atoms with Crippen LogP contribution in [0.5, 0.6) is 0 Å². The summed E-state index contributed by atoms with van der Waals surface area (Å²) in [6.45, 7) is 3.85. The molecule has 0 atom stereocenters. The summed E-state index contributed by atoms with van der Waals surface area (Å²) >= 11 is 0. The topological polar surface area (TPSA) is 77.0 Å². The minimum Gasteiger partial charge on any atom is -0.399 e. The average Bonchev–Trinajstić information content (AvgIpc) is 2.80. The summed E-state index contributed by atoms with van der Waals surface area (Å²) in [5.74, 6) is 1.74. The smallest absolute Gasteiger partial charge is 0.254 e. The highest BCUT2D eigenvalue weighted by Gasteiger charge is 2.23. The average molecular weight is 257 g/mol. The number of hydrogen-bond acceptors (Lipinski definition) is 4.